The zero-order chi connectivity index (χ0) is 16.2. The van der Waals surface area contributed by atoms with Gasteiger partial charge in [-0.05, 0) is 30.3 Å². The minimum absolute atomic E-state index is 0.0282. The summed E-state index contributed by atoms with van der Waals surface area (Å²) in [5.41, 5.74) is 1.54. The van der Waals surface area contributed by atoms with Crippen molar-refractivity contribution in [3.8, 4) is 16.9 Å². The minimum Gasteiger partial charge on any atom is -0.465 e. The maximum atomic E-state index is 12.6. The van der Waals surface area contributed by atoms with Gasteiger partial charge in [-0.15, -0.1) is 0 Å². The maximum absolute atomic E-state index is 12.6. The van der Waals surface area contributed by atoms with E-state index >= 15 is 0 Å². The SMILES string of the molecule is COC(=O)c1cc(-c2ccccn2)cn(-c2ccccc2)c1=O. The van der Waals surface area contributed by atoms with Crippen LogP contribution in [-0.2, 0) is 4.74 Å². The number of carbonyl (C=O) groups excluding carboxylic acids is 1. The molecule has 0 spiro atoms. The predicted octanol–water partition coefficient (Wildman–Crippen LogP) is 2.69. The topological polar surface area (TPSA) is 61.2 Å². The Bertz CT molecular complexity index is 887. The molecule has 5 heteroatoms. The molecule has 1 aromatic carbocycles. The van der Waals surface area contributed by atoms with Gasteiger partial charge in [-0.1, -0.05) is 24.3 Å². The molecule has 0 aliphatic carbocycles. The van der Waals surface area contributed by atoms with Gasteiger partial charge in [0.25, 0.3) is 5.56 Å². The first-order valence-corrected chi connectivity index (χ1v) is 7.02. The van der Waals surface area contributed by atoms with Crippen LogP contribution in [0.4, 0.5) is 0 Å². The second kappa shape index (κ2) is 6.27. The van der Waals surface area contributed by atoms with Gasteiger partial charge in [-0.2, -0.15) is 0 Å². The Morgan fingerprint density at radius 1 is 1.09 bits per heavy atom. The van der Waals surface area contributed by atoms with E-state index in [1.807, 2.05) is 30.3 Å². The highest BCUT2D eigenvalue weighted by Crippen LogP contribution is 2.18. The van der Waals surface area contributed by atoms with Crippen LogP contribution in [-0.4, -0.2) is 22.6 Å². The molecule has 0 N–H and O–H groups in total. The summed E-state index contributed by atoms with van der Waals surface area (Å²) in [5.74, 6) is -0.669. The Morgan fingerprint density at radius 2 is 1.83 bits per heavy atom. The molecule has 0 aliphatic rings. The van der Waals surface area contributed by atoms with Gasteiger partial charge in [0.15, 0.2) is 0 Å². The van der Waals surface area contributed by atoms with Crippen LogP contribution < -0.4 is 5.56 Å². The molecule has 0 unspecified atom stereocenters. The van der Waals surface area contributed by atoms with E-state index in [2.05, 4.69) is 4.98 Å². The number of nitrogens with zero attached hydrogens (tertiary/aromatic N) is 2. The molecule has 2 heterocycles. The fourth-order valence-corrected chi connectivity index (χ4v) is 2.29. The molecule has 0 saturated heterocycles. The number of benzene rings is 1. The van der Waals surface area contributed by atoms with E-state index in [-0.39, 0.29) is 5.56 Å². The molecule has 0 saturated carbocycles. The van der Waals surface area contributed by atoms with E-state index in [0.717, 1.165) is 0 Å². The van der Waals surface area contributed by atoms with Crippen LogP contribution >= 0.6 is 0 Å². The van der Waals surface area contributed by atoms with Gasteiger partial charge < -0.3 is 4.74 Å². The third-order valence-corrected chi connectivity index (χ3v) is 3.42. The van der Waals surface area contributed by atoms with Gasteiger partial charge in [-0.25, -0.2) is 4.79 Å². The van der Waals surface area contributed by atoms with Gasteiger partial charge in [0, 0.05) is 23.6 Å². The van der Waals surface area contributed by atoms with Crippen molar-refractivity contribution in [3.05, 3.63) is 82.9 Å². The van der Waals surface area contributed by atoms with E-state index in [4.69, 9.17) is 4.74 Å². The van der Waals surface area contributed by atoms with Gasteiger partial charge in [-0.3, -0.25) is 14.3 Å². The summed E-state index contributed by atoms with van der Waals surface area (Å²) in [6.45, 7) is 0. The quantitative estimate of drug-likeness (QED) is 0.698. The number of esters is 1. The number of aromatic nitrogens is 2. The first kappa shape index (κ1) is 14.7. The Kier molecular flexibility index (Phi) is 4.01. The highest BCUT2D eigenvalue weighted by molar-refractivity contribution is 5.90. The van der Waals surface area contributed by atoms with Crippen molar-refractivity contribution in [2.75, 3.05) is 7.11 Å². The Hall–Kier alpha value is -3.21. The second-order valence-electron chi connectivity index (χ2n) is 4.86. The average Bonchev–Trinajstić information content (AvgIpc) is 2.62. The van der Waals surface area contributed by atoms with Crippen molar-refractivity contribution in [3.63, 3.8) is 0 Å². The number of carbonyl (C=O) groups is 1. The third kappa shape index (κ3) is 2.89. The largest absolute Gasteiger partial charge is 0.465 e. The zero-order valence-corrected chi connectivity index (χ0v) is 12.5. The van der Waals surface area contributed by atoms with Crippen LogP contribution in [0.1, 0.15) is 10.4 Å². The normalized spacial score (nSPS) is 10.3. The molecule has 3 aromatic rings. The number of hydrogen-bond donors (Lipinski definition) is 0. The van der Waals surface area contributed by atoms with Crippen LogP contribution in [0, 0.1) is 0 Å². The minimum atomic E-state index is -0.669. The van der Waals surface area contributed by atoms with Gasteiger partial charge >= 0.3 is 5.97 Å². The molecule has 2 aromatic heterocycles. The van der Waals surface area contributed by atoms with Crippen LogP contribution in [0.15, 0.2) is 71.8 Å². The standard InChI is InChI=1S/C18H14N2O3/c1-23-18(22)15-11-13(16-9-5-6-10-19-16)12-20(17(15)21)14-7-3-2-4-8-14/h2-12H,1H3. The molecule has 0 fully saturated rings. The summed E-state index contributed by atoms with van der Waals surface area (Å²) in [6.07, 6.45) is 3.33. The predicted molar refractivity (Wildman–Crippen MR) is 86.6 cm³/mol. The molecule has 0 aliphatic heterocycles. The fraction of sp³-hybridized carbons (Fsp3) is 0.0556. The lowest BCUT2D eigenvalue weighted by Crippen LogP contribution is -2.25. The number of pyridine rings is 2. The van der Waals surface area contributed by atoms with E-state index in [9.17, 15) is 9.59 Å². The van der Waals surface area contributed by atoms with E-state index in [1.165, 1.54) is 17.7 Å². The van der Waals surface area contributed by atoms with Crippen LogP contribution in [0.2, 0.25) is 0 Å². The Balaban J connectivity index is 2.27. The number of methoxy groups -OCH3 is 1. The molecule has 114 valence electrons. The summed E-state index contributed by atoms with van der Waals surface area (Å²) in [7, 11) is 1.25. The lowest BCUT2D eigenvalue weighted by Gasteiger charge is -2.11. The van der Waals surface area contributed by atoms with Gasteiger partial charge in [0.2, 0.25) is 0 Å². The molecular weight excluding hydrogens is 292 g/mol. The lowest BCUT2D eigenvalue weighted by atomic mass is 10.1. The number of hydrogen-bond acceptors (Lipinski definition) is 4. The lowest BCUT2D eigenvalue weighted by molar-refractivity contribution is 0.0598. The summed E-state index contributed by atoms with van der Waals surface area (Å²) < 4.78 is 6.15. The molecule has 0 radical (unpaired) electrons. The van der Waals surface area contributed by atoms with Gasteiger partial charge in [0.05, 0.1) is 12.8 Å². The maximum Gasteiger partial charge on any atom is 0.343 e. The summed E-state index contributed by atoms with van der Waals surface area (Å²) in [6, 6.07) is 16.1. The van der Waals surface area contributed by atoms with Crippen molar-refractivity contribution in [2.24, 2.45) is 0 Å². The molecule has 0 amide bonds. The molecule has 0 atom stereocenters. The summed E-state index contributed by atoms with van der Waals surface area (Å²) in [4.78, 5) is 28.8. The first-order valence-electron chi connectivity index (χ1n) is 7.02. The van der Waals surface area contributed by atoms with Crippen LogP contribution in [0.25, 0.3) is 16.9 Å². The highest BCUT2D eigenvalue weighted by Gasteiger charge is 2.16. The molecule has 5 nitrogen and oxygen atoms in total. The number of para-hydroxylation sites is 1. The van der Waals surface area contributed by atoms with Crippen LogP contribution in [0.5, 0.6) is 0 Å². The van der Waals surface area contributed by atoms with Crippen molar-refractivity contribution in [1.82, 2.24) is 9.55 Å². The van der Waals surface area contributed by atoms with E-state index < -0.39 is 11.5 Å². The van der Waals surface area contributed by atoms with Crippen LogP contribution in [0.3, 0.4) is 0 Å². The Morgan fingerprint density at radius 3 is 2.48 bits per heavy atom. The van der Waals surface area contributed by atoms with E-state index in [0.29, 0.717) is 16.9 Å². The first-order chi connectivity index (χ1) is 11.2. The fourth-order valence-electron chi connectivity index (χ4n) is 2.29. The van der Waals surface area contributed by atoms with Gasteiger partial charge in [0.1, 0.15) is 5.56 Å². The van der Waals surface area contributed by atoms with Crippen molar-refractivity contribution < 1.29 is 9.53 Å². The molecular formula is C18H14N2O3. The monoisotopic (exact) mass is 306 g/mol. The number of rotatable bonds is 3. The molecule has 23 heavy (non-hydrogen) atoms. The smallest absolute Gasteiger partial charge is 0.343 e. The molecule has 0 bridgehead atoms. The summed E-state index contributed by atoms with van der Waals surface area (Å²) >= 11 is 0. The average molecular weight is 306 g/mol. The molecule has 3 rings (SSSR count). The third-order valence-electron chi connectivity index (χ3n) is 3.42. The second-order valence-corrected chi connectivity index (χ2v) is 4.86. The van der Waals surface area contributed by atoms with Crippen molar-refractivity contribution in [2.45, 2.75) is 0 Å². The van der Waals surface area contributed by atoms with Crippen molar-refractivity contribution in [1.29, 1.82) is 0 Å². The highest BCUT2D eigenvalue weighted by atomic mass is 16.5. The van der Waals surface area contributed by atoms with E-state index in [1.54, 1.807) is 30.6 Å². The number of ether oxygens (including phenoxy) is 1. The zero-order valence-electron chi connectivity index (χ0n) is 12.5. The Labute approximate surface area is 132 Å². The van der Waals surface area contributed by atoms with Crippen molar-refractivity contribution >= 4 is 5.97 Å². The summed E-state index contributed by atoms with van der Waals surface area (Å²) in [5, 5.41) is 0.